The van der Waals surface area contributed by atoms with Gasteiger partial charge in [0.05, 0.1) is 22.7 Å². The lowest BCUT2D eigenvalue weighted by Crippen LogP contribution is -2.61. The highest BCUT2D eigenvalue weighted by Crippen LogP contribution is 2.36. The van der Waals surface area contributed by atoms with Gasteiger partial charge in [0.2, 0.25) is 5.91 Å². The van der Waals surface area contributed by atoms with Crippen LogP contribution in [0.5, 0.6) is 0 Å². The van der Waals surface area contributed by atoms with Crippen LogP contribution in [0.3, 0.4) is 0 Å². The van der Waals surface area contributed by atoms with E-state index in [4.69, 9.17) is 11.6 Å². The van der Waals surface area contributed by atoms with Crippen molar-refractivity contribution in [2.24, 2.45) is 0 Å². The Morgan fingerprint density at radius 3 is 2.72 bits per heavy atom. The van der Waals surface area contributed by atoms with Gasteiger partial charge in [-0.3, -0.25) is 4.79 Å². The molecule has 9 heteroatoms. The molecular formula is C16H17ClF3N3O2. The number of hydrogen-bond acceptors (Lipinski definition) is 2. The smallest absolute Gasteiger partial charge is 0.336 e. The van der Waals surface area contributed by atoms with E-state index in [2.05, 4.69) is 5.32 Å². The molecule has 25 heavy (non-hydrogen) atoms. The summed E-state index contributed by atoms with van der Waals surface area (Å²) in [5, 5.41) is 2.04. The third-order valence-corrected chi connectivity index (χ3v) is 5.07. The molecule has 2 aliphatic heterocycles. The van der Waals surface area contributed by atoms with Crippen molar-refractivity contribution in [3.8, 4) is 0 Å². The first-order valence-corrected chi connectivity index (χ1v) is 8.30. The number of rotatable bonds is 1. The molecular weight excluding hydrogens is 359 g/mol. The van der Waals surface area contributed by atoms with Gasteiger partial charge >= 0.3 is 12.2 Å². The van der Waals surface area contributed by atoms with Gasteiger partial charge in [-0.1, -0.05) is 11.6 Å². The van der Waals surface area contributed by atoms with Crippen molar-refractivity contribution in [3.63, 3.8) is 0 Å². The molecule has 0 spiro atoms. The monoisotopic (exact) mass is 375 g/mol. The molecule has 0 aromatic heterocycles. The van der Waals surface area contributed by atoms with Crippen LogP contribution in [-0.2, 0) is 11.0 Å². The largest absolute Gasteiger partial charge is 0.417 e. The van der Waals surface area contributed by atoms with Crippen molar-refractivity contribution in [3.05, 3.63) is 28.8 Å². The van der Waals surface area contributed by atoms with Gasteiger partial charge < -0.3 is 15.1 Å². The maximum atomic E-state index is 12.7. The Morgan fingerprint density at radius 2 is 2.08 bits per heavy atom. The second kappa shape index (κ2) is 6.40. The maximum absolute atomic E-state index is 12.7. The van der Waals surface area contributed by atoms with Crippen molar-refractivity contribution in [2.45, 2.75) is 38.0 Å². The van der Waals surface area contributed by atoms with Crippen molar-refractivity contribution in [1.82, 2.24) is 9.80 Å². The van der Waals surface area contributed by atoms with Crippen LogP contribution in [0.25, 0.3) is 0 Å². The van der Waals surface area contributed by atoms with E-state index in [0.717, 1.165) is 31.0 Å². The van der Waals surface area contributed by atoms with E-state index in [1.54, 1.807) is 4.90 Å². The minimum Gasteiger partial charge on any atom is -0.336 e. The van der Waals surface area contributed by atoms with E-state index in [-0.39, 0.29) is 30.2 Å². The van der Waals surface area contributed by atoms with E-state index in [0.29, 0.717) is 6.54 Å². The SMILES string of the molecule is CC1C2CCCN2C(=O)CN1C(=O)Nc1ccc(C(F)(F)F)c(Cl)c1. The van der Waals surface area contributed by atoms with E-state index >= 15 is 0 Å². The number of hydrogen-bond donors (Lipinski definition) is 1. The number of amides is 3. The van der Waals surface area contributed by atoms with E-state index in [9.17, 15) is 22.8 Å². The summed E-state index contributed by atoms with van der Waals surface area (Å²) in [6.45, 7) is 2.53. The number of carbonyl (C=O) groups is 2. The Labute approximate surface area is 147 Å². The Balaban J connectivity index is 1.74. The molecule has 2 atom stereocenters. The summed E-state index contributed by atoms with van der Waals surface area (Å²) in [7, 11) is 0. The fourth-order valence-electron chi connectivity index (χ4n) is 3.47. The number of alkyl halides is 3. The van der Waals surface area contributed by atoms with Gasteiger partial charge in [0.25, 0.3) is 0 Å². The fraction of sp³-hybridized carbons (Fsp3) is 0.500. The Hall–Kier alpha value is -1.96. The summed E-state index contributed by atoms with van der Waals surface area (Å²) in [4.78, 5) is 27.9. The molecule has 2 unspecified atom stereocenters. The number of benzene rings is 1. The van der Waals surface area contributed by atoms with Crippen LogP contribution >= 0.6 is 11.6 Å². The third kappa shape index (κ3) is 3.40. The minimum absolute atomic E-state index is 0.0109. The molecule has 2 saturated heterocycles. The molecule has 2 aliphatic rings. The molecule has 1 N–H and O–H groups in total. The Kier molecular flexibility index (Phi) is 4.57. The lowest BCUT2D eigenvalue weighted by Gasteiger charge is -2.42. The van der Waals surface area contributed by atoms with E-state index < -0.39 is 22.8 Å². The lowest BCUT2D eigenvalue weighted by atomic mass is 10.0. The van der Waals surface area contributed by atoms with Crippen LogP contribution < -0.4 is 5.32 Å². The second-order valence-electron chi connectivity index (χ2n) is 6.29. The second-order valence-corrected chi connectivity index (χ2v) is 6.69. The number of fused-ring (bicyclic) bond motifs is 1. The van der Waals surface area contributed by atoms with Gasteiger partial charge in [-0.2, -0.15) is 13.2 Å². The quantitative estimate of drug-likeness (QED) is 0.815. The van der Waals surface area contributed by atoms with Crippen LogP contribution in [0.2, 0.25) is 5.02 Å². The average Bonchev–Trinajstić information content (AvgIpc) is 3.00. The zero-order valence-corrected chi connectivity index (χ0v) is 14.2. The maximum Gasteiger partial charge on any atom is 0.417 e. The number of anilines is 1. The first kappa shape index (κ1) is 17.8. The number of piperazine rings is 1. The number of nitrogens with one attached hydrogen (secondary N) is 1. The number of halogens is 4. The highest BCUT2D eigenvalue weighted by atomic mass is 35.5. The van der Waals surface area contributed by atoms with Crippen molar-refractivity contribution >= 4 is 29.2 Å². The number of urea groups is 1. The van der Waals surface area contributed by atoms with Crippen LogP contribution in [0.1, 0.15) is 25.3 Å². The zero-order valence-electron chi connectivity index (χ0n) is 13.4. The summed E-state index contributed by atoms with van der Waals surface area (Å²) in [6, 6.07) is 2.32. The predicted molar refractivity (Wildman–Crippen MR) is 86.4 cm³/mol. The molecule has 0 bridgehead atoms. The highest BCUT2D eigenvalue weighted by molar-refractivity contribution is 6.31. The molecule has 136 valence electrons. The van der Waals surface area contributed by atoms with E-state index in [1.165, 1.54) is 4.90 Å². The first-order valence-electron chi connectivity index (χ1n) is 7.92. The Bertz CT molecular complexity index is 710. The van der Waals surface area contributed by atoms with Crippen LogP contribution in [0.4, 0.5) is 23.7 Å². The van der Waals surface area contributed by atoms with Crippen LogP contribution in [0, 0.1) is 0 Å². The van der Waals surface area contributed by atoms with Gasteiger partial charge in [0.1, 0.15) is 6.54 Å². The van der Waals surface area contributed by atoms with Crippen molar-refractivity contribution in [2.75, 3.05) is 18.4 Å². The summed E-state index contributed by atoms with van der Waals surface area (Å²) < 4.78 is 38.2. The van der Waals surface area contributed by atoms with E-state index in [1.807, 2.05) is 6.92 Å². The molecule has 0 radical (unpaired) electrons. The molecule has 2 fully saturated rings. The fourth-order valence-corrected chi connectivity index (χ4v) is 3.75. The number of nitrogens with zero attached hydrogens (tertiary/aromatic N) is 2. The normalized spacial score (nSPS) is 23.6. The van der Waals surface area contributed by atoms with Gasteiger partial charge in [-0.25, -0.2) is 4.79 Å². The van der Waals surface area contributed by atoms with Crippen LogP contribution in [-0.4, -0.2) is 46.9 Å². The minimum atomic E-state index is -4.56. The van der Waals surface area contributed by atoms with Crippen LogP contribution in [0.15, 0.2) is 18.2 Å². The molecule has 3 rings (SSSR count). The van der Waals surface area contributed by atoms with Crippen molar-refractivity contribution < 1.29 is 22.8 Å². The summed E-state index contributed by atoms with van der Waals surface area (Å²) in [5.41, 5.74) is -0.813. The standard InChI is InChI=1S/C16H17ClF3N3O2/c1-9-13-3-2-6-22(13)14(24)8-23(9)15(25)21-10-4-5-11(12(17)7-10)16(18,19)20/h4-5,7,9,13H,2-3,6,8H2,1H3,(H,21,25). The summed E-state index contributed by atoms with van der Waals surface area (Å²) >= 11 is 5.66. The molecule has 3 amide bonds. The average molecular weight is 376 g/mol. The molecule has 5 nitrogen and oxygen atoms in total. The van der Waals surface area contributed by atoms with Gasteiger partial charge in [0.15, 0.2) is 0 Å². The van der Waals surface area contributed by atoms with Gasteiger partial charge in [-0.05, 0) is 38.0 Å². The first-order chi connectivity index (χ1) is 11.7. The predicted octanol–water partition coefficient (Wildman–Crippen LogP) is 3.59. The topological polar surface area (TPSA) is 52.7 Å². The summed E-state index contributed by atoms with van der Waals surface area (Å²) in [5.74, 6) is -0.110. The van der Waals surface area contributed by atoms with Gasteiger partial charge in [0, 0.05) is 12.2 Å². The summed E-state index contributed by atoms with van der Waals surface area (Å²) in [6.07, 6.45) is -2.81. The zero-order chi connectivity index (χ0) is 18.4. The molecule has 1 aromatic carbocycles. The van der Waals surface area contributed by atoms with Crippen molar-refractivity contribution in [1.29, 1.82) is 0 Å². The van der Waals surface area contributed by atoms with Gasteiger partial charge in [-0.15, -0.1) is 0 Å². The lowest BCUT2D eigenvalue weighted by molar-refractivity contribution is -0.138. The highest BCUT2D eigenvalue weighted by Gasteiger charge is 2.42. The molecule has 2 heterocycles. The molecule has 0 aliphatic carbocycles. The third-order valence-electron chi connectivity index (χ3n) is 4.76. The number of carbonyl (C=O) groups excluding carboxylic acids is 2. The molecule has 1 aromatic rings. The molecule has 0 saturated carbocycles. The Morgan fingerprint density at radius 1 is 1.36 bits per heavy atom.